The first-order valence-corrected chi connectivity index (χ1v) is 5.75. The normalized spacial score (nSPS) is 18.5. The summed E-state index contributed by atoms with van der Waals surface area (Å²) in [5.41, 5.74) is 7.48. The summed E-state index contributed by atoms with van der Waals surface area (Å²) in [6, 6.07) is 7.78. The van der Waals surface area contributed by atoms with E-state index in [0.29, 0.717) is 6.54 Å². The average Bonchev–Trinajstić information content (AvgIpc) is 2.16. The Bertz CT molecular complexity index is 320. The second-order valence-electron chi connectivity index (χ2n) is 4.33. The molecule has 2 heteroatoms. The molecule has 15 heavy (non-hydrogen) atoms. The lowest BCUT2D eigenvalue weighted by Gasteiger charge is -2.30. The van der Waals surface area contributed by atoms with Gasteiger partial charge < -0.3 is 5.73 Å². The Morgan fingerprint density at radius 1 is 1.33 bits per heavy atom. The second kappa shape index (κ2) is 4.75. The van der Waals surface area contributed by atoms with Crippen molar-refractivity contribution in [2.24, 2.45) is 11.7 Å². The number of alkyl halides is 1. The van der Waals surface area contributed by atoms with Crippen molar-refractivity contribution in [3.8, 4) is 0 Å². The largest absolute Gasteiger partial charge is 0.330 e. The highest BCUT2D eigenvalue weighted by atomic mass is 19.1. The van der Waals surface area contributed by atoms with Crippen LogP contribution in [0.25, 0.3) is 0 Å². The van der Waals surface area contributed by atoms with Crippen LogP contribution in [-0.4, -0.2) is 6.54 Å². The number of nitrogens with two attached hydrogens (primary N) is 1. The standard InChI is InChI=1S/C13H18FN/c14-13(11-5-3-6-11)12-7-2-1-4-10(12)8-9-15/h1-2,4,7,11,13H,3,5-6,8-9,15H2. The number of halogens is 1. The van der Waals surface area contributed by atoms with Crippen LogP contribution in [0.15, 0.2) is 24.3 Å². The van der Waals surface area contributed by atoms with Crippen molar-refractivity contribution >= 4 is 0 Å². The Morgan fingerprint density at radius 3 is 2.67 bits per heavy atom. The average molecular weight is 207 g/mol. The summed E-state index contributed by atoms with van der Waals surface area (Å²) in [4.78, 5) is 0. The lowest BCUT2D eigenvalue weighted by Crippen LogP contribution is -2.18. The summed E-state index contributed by atoms with van der Waals surface area (Å²) in [7, 11) is 0. The van der Waals surface area contributed by atoms with Gasteiger partial charge in [0.25, 0.3) is 0 Å². The van der Waals surface area contributed by atoms with Crippen molar-refractivity contribution in [3.63, 3.8) is 0 Å². The molecule has 0 amide bonds. The third kappa shape index (κ3) is 2.20. The molecule has 1 saturated carbocycles. The molecule has 1 fully saturated rings. The lowest BCUT2D eigenvalue weighted by molar-refractivity contribution is 0.149. The van der Waals surface area contributed by atoms with E-state index in [1.54, 1.807) is 0 Å². The van der Waals surface area contributed by atoms with Gasteiger partial charge in [-0.15, -0.1) is 0 Å². The smallest absolute Gasteiger partial charge is 0.128 e. The summed E-state index contributed by atoms with van der Waals surface area (Å²) in [6.07, 6.45) is 3.27. The molecule has 0 heterocycles. The Hall–Kier alpha value is -0.890. The van der Waals surface area contributed by atoms with Crippen molar-refractivity contribution in [3.05, 3.63) is 35.4 Å². The molecule has 0 aromatic heterocycles. The van der Waals surface area contributed by atoms with E-state index in [1.165, 1.54) is 6.42 Å². The van der Waals surface area contributed by atoms with E-state index in [0.717, 1.165) is 30.4 Å². The molecular weight excluding hydrogens is 189 g/mol. The monoisotopic (exact) mass is 207 g/mol. The van der Waals surface area contributed by atoms with Gasteiger partial charge in [-0.05, 0) is 42.9 Å². The SMILES string of the molecule is NCCc1ccccc1C(F)C1CCC1. The van der Waals surface area contributed by atoms with E-state index in [-0.39, 0.29) is 5.92 Å². The van der Waals surface area contributed by atoms with Crippen LogP contribution in [0.1, 0.15) is 36.6 Å². The van der Waals surface area contributed by atoms with Gasteiger partial charge in [-0.3, -0.25) is 0 Å². The van der Waals surface area contributed by atoms with Gasteiger partial charge in [0, 0.05) is 0 Å². The fraction of sp³-hybridized carbons (Fsp3) is 0.538. The zero-order chi connectivity index (χ0) is 10.7. The minimum Gasteiger partial charge on any atom is -0.330 e. The third-order valence-electron chi connectivity index (χ3n) is 3.33. The molecular formula is C13H18FN. The van der Waals surface area contributed by atoms with Gasteiger partial charge in [-0.2, -0.15) is 0 Å². The summed E-state index contributed by atoms with van der Waals surface area (Å²) >= 11 is 0. The Labute approximate surface area is 90.5 Å². The van der Waals surface area contributed by atoms with Crippen LogP contribution in [0.4, 0.5) is 4.39 Å². The van der Waals surface area contributed by atoms with Crippen LogP contribution in [-0.2, 0) is 6.42 Å². The zero-order valence-electron chi connectivity index (χ0n) is 8.95. The quantitative estimate of drug-likeness (QED) is 0.807. The topological polar surface area (TPSA) is 26.0 Å². The van der Waals surface area contributed by atoms with Crippen molar-refractivity contribution in [2.45, 2.75) is 31.9 Å². The van der Waals surface area contributed by atoms with Crippen LogP contribution >= 0.6 is 0 Å². The summed E-state index contributed by atoms with van der Waals surface area (Å²) < 4.78 is 14.1. The van der Waals surface area contributed by atoms with E-state index in [2.05, 4.69) is 0 Å². The summed E-state index contributed by atoms with van der Waals surface area (Å²) in [6.45, 7) is 0.592. The molecule has 0 aliphatic heterocycles. The predicted octanol–water partition coefficient (Wildman–Crippen LogP) is 3.00. The molecule has 1 aliphatic rings. The van der Waals surface area contributed by atoms with Crippen molar-refractivity contribution in [2.75, 3.05) is 6.54 Å². The molecule has 2 N–H and O–H groups in total. The van der Waals surface area contributed by atoms with E-state index < -0.39 is 6.17 Å². The Balaban J connectivity index is 2.17. The van der Waals surface area contributed by atoms with Crippen LogP contribution < -0.4 is 5.73 Å². The second-order valence-corrected chi connectivity index (χ2v) is 4.33. The molecule has 0 radical (unpaired) electrons. The molecule has 1 nitrogen and oxygen atoms in total. The minimum absolute atomic E-state index is 0.254. The van der Waals surface area contributed by atoms with Crippen LogP contribution in [0, 0.1) is 5.92 Å². The third-order valence-corrected chi connectivity index (χ3v) is 3.33. The van der Waals surface area contributed by atoms with Gasteiger partial charge in [0.2, 0.25) is 0 Å². The van der Waals surface area contributed by atoms with Crippen LogP contribution in [0.2, 0.25) is 0 Å². The highest BCUT2D eigenvalue weighted by Crippen LogP contribution is 2.41. The molecule has 0 bridgehead atoms. The lowest BCUT2D eigenvalue weighted by atomic mass is 9.78. The number of hydrogen-bond acceptors (Lipinski definition) is 1. The van der Waals surface area contributed by atoms with Crippen LogP contribution in [0.5, 0.6) is 0 Å². The van der Waals surface area contributed by atoms with E-state index in [9.17, 15) is 4.39 Å². The highest BCUT2D eigenvalue weighted by molar-refractivity contribution is 5.30. The van der Waals surface area contributed by atoms with Gasteiger partial charge >= 0.3 is 0 Å². The van der Waals surface area contributed by atoms with Crippen LogP contribution in [0.3, 0.4) is 0 Å². The van der Waals surface area contributed by atoms with Gasteiger partial charge in [0.1, 0.15) is 6.17 Å². The molecule has 1 aromatic carbocycles. The molecule has 1 unspecified atom stereocenters. The maximum atomic E-state index is 14.1. The first-order chi connectivity index (χ1) is 7.33. The van der Waals surface area contributed by atoms with Crippen molar-refractivity contribution in [1.82, 2.24) is 0 Å². The molecule has 2 rings (SSSR count). The fourth-order valence-corrected chi connectivity index (χ4v) is 2.17. The maximum absolute atomic E-state index is 14.1. The summed E-state index contributed by atoms with van der Waals surface area (Å²) in [5, 5.41) is 0. The van der Waals surface area contributed by atoms with E-state index in [4.69, 9.17) is 5.73 Å². The minimum atomic E-state index is -0.776. The Kier molecular flexibility index (Phi) is 3.37. The number of hydrogen-bond donors (Lipinski definition) is 1. The van der Waals surface area contributed by atoms with E-state index in [1.807, 2.05) is 24.3 Å². The molecule has 1 aromatic rings. The van der Waals surface area contributed by atoms with Gasteiger partial charge in [-0.25, -0.2) is 4.39 Å². The first kappa shape index (κ1) is 10.6. The zero-order valence-corrected chi connectivity index (χ0v) is 8.95. The van der Waals surface area contributed by atoms with Crippen molar-refractivity contribution in [1.29, 1.82) is 0 Å². The molecule has 1 aliphatic carbocycles. The highest BCUT2D eigenvalue weighted by Gasteiger charge is 2.29. The molecule has 1 atom stereocenters. The predicted molar refractivity (Wildman–Crippen MR) is 60.4 cm³/mol. The molecule has 82 valence electrons. The first-order valence-electron chi connectivity index (χ1n) is 5.75. The molecule has 0 spiro atoms. The maximum Gasteiger partial charge on any atom is 0.128 e. The number of rotatable bonds is 4. The number of benzene rings is 1. The van der Waals surface area contributed by atoms with Gasteiger partial charge in [-0.1, -0.05) is 30.7 Å². The fourth-order valence-electron chi connectivity index (χ4n) is 2.17. The van der Waals surface area contributed by atoms with Crippen molar-refractivity contribution < 1.29 is 4.39 Å². The van der Waals surface area contributed by atoms with Gasteiger partial charge in [0.05, 0.1) is 0 Å². The summed E-state index contributed by atoms with van der Waals surface area (Å²) in [5.74, 6) is 0.254. The van der Waals surface area contributed by atoms with Gasteiger partial charge in [0.15, 0.2) is 0 Å². The van der Waals surface area contributed by atoms with E-state index >= 15 is 0 Å². The molecule has 0 saturated heterocycles. The Morgan fingerprint density at radius 2 is 2.07 bits per heavy atom.